The van der Waals surface area contributed by atoms with E-state index in [9.17, 15) is 26.3 Å². The molecular weight excluding hydrogens is 408 g/mol. The third kappa shape index (κ3) is 4.19. The molecule has 150 valence electrons. The van der Waals surface area contributed by atoms with Crippen LogP contribution in [0.4, 0.5) is 37.7 Å². The van der Waals surface area contributed by atoms with Gasteiger partial charge in [0.15, 0.2) is 0 Å². The standard InChI is InChI=1S/C18H14ClF6N3/c19-13-6-5-11(17(20,21)22)8-14(13)27-16(26)28-7-1-2-10-3-4-12(9-15(10)28)18(23,24)25/h3-6,8-9H,1-2,7H2,(H2,26,27). The fourth-order valence-electron chi connectivity index (χ4n) is 2.95. The van der Waals surface area contributed by atoms with Crippen molar-refractivity contribution in [1.29, 1.82) is 0 Å². The molecule has 2 aromatic carbocycles. The van der Waals surface area contributed by atoms with E-state index in [-0.39, 0.29) is 28.9 Å². The maximum Gasteiger partial charge on any atom is 0.416 e. The van der Waals surface area contributed by atoms with Gasteiger partial charge in [-0.1, -0.05) is 17.7 Å². The van der Waals surface area contributed by atoms with Gasteiger partial charge >= 0.3 is 12.4 Å². The van der Waals surface area contributed by atoms with Gasteiger partial charge < -0.3 is 10.6 Å². The van der Waals surface area contributed by atoms with Crippen molar-refractivity contribution in [3.8, 4) is 0 Å². The summed E-state index contributed by atoms with van der Waals surface area (Å²) in [7, 11) is 0. The first-order valence-corrected chi connectivity index (χ1v) is 8.53. The first-order valence-electron chi connectivity index (χ1n) is 8.15. The lowest BCUT2D eigenvalue weighted by Gasteiger charge is -2.31. The van der Waals surface area contributed by atoms with Crippen molar-refractivity contribution in [3.63, 3.8) is 0 Å². The fraction of sp³-hybridized carbons (Fsp3) is 0.278. The topological polar surface area (TPSA) is 41.6 Å². The van der Waals surface area contributed by atoms with Crippen molar-refractivity contribution in [2.45, 2.75) is 25.2 Å². The Hall–Kier alpha value is -2.42. The largest absolute Gasteiger partial charge is 0.416 e. The second kappa shape index (κ2) is 7.20. The molecule has 0 saturated carbocycles. The quantitative estimate of drug-likeness (QED) is 0.360. The van der Waals surface area contributed by atoms with E-state index in [2.05, 4.69) is 4.99 Å². The first kappa shape index (κ1) is 20.3. The predicted octanol–water partition coefficient (Wildman–Crippen LogP) is 5.78. The zero-order chi connectivity index (χ0) is 20.7. The summed E-state index contributed by atoms with van der Waals surface area (Å²) in [6.45, 7) is 0.278. The number of fused-ring (bicyclic) bond motifs is 1. The highest BCUT2D eigenvalue weighted by Crippen LogP contribution is 2.37. The van der Waals surface area contributed by atoms with Gasteiger partial charge in [-0.25, -0.2) is 4.99 Å². The molecule has 1 aliphatic rings. The summed E-state index contributed by atoms with van der Waals surface area (Å²) in [4.78, 5) is 5.31. The molecule has 28 heavy (non-hydrogen) atoms. The van der Waals surface area contributed by atoms with Gasteiger partial charge in [-0.15, -0.1) is 0 Å². The number of nitrogens with two attached hydrogens (primary N) is 1. The summed E-state index contributed by atoms with van der Waals surface area (Å²) in [6, 6.07) is 5.91. The SMILES string of the molecule is NC(=Nc1cc(C(F)(F)F)ccc1Cl)N1CCCc2ccc(C(F)(F)F)cc21. The number of hydrogen-bond donors (Lipinski definition) is 1. The number of aliphatic imine (C=N–C) groups is 1. The van der Waals surface area contributed by atoms with Crippen molar-refractivity contribution in [3.05, 3.63) is 58.1 Å². The Bertz CT molecular complexity index is 921. The Kier molecular flexibility index (Phi) is 5.22. The highest BCUT2D eigenvalue weighted by molar-refractivity contribution is 6.33. The number of anilines is 1. The zero-order valence-corrected chi connectivity index (χ0v) is 15.0. The maximum atomic E-state index is 13.0. The van der Waals surface area contributed by atoms with Crippen LogP contribution < -0.4 is 10.6 Å². The molecule has 0 aliphatic carbocycles. The summed E-state index contributed by atoms with van der Waals surface area (Å²) in [5.41, 5.74) is 4.79. The van der Waals surface area contributed by atoms with Crippen molar-refractivity contribution in [1.82, 2.24) is 0 Å². The molecule has 0 spiro atoms. The maximum absolute atomic E-state index is 13.0. The van der Waals surface area contributed by atoms with Gasteiger partial charge in [0.25, 0.3) is 0 Å². The van der Waals surface area contributed by atoms with Gasteiger partial charge in [-0.3, -0.25) is 0 Å². The van der Waals surface area contributed by atoms with E-state index in [0.29, 0.717) is 18.4 Å². The minimum absolute atomic E-state index is 0.0581. The second-order valence-electron chi connectivity index (χ2n) is 6.23. The molecule has 0 atom stereocenters. The van der Waals surface area contributed by atoms with Crippen LogP contribution in [-0.4, -0.2) is 12.5 Å². The van der Waals surface area contributed by atoms with E-state index in [1.807, 2.05) is 0 Å². The van der Waals surface area contributed by atoms with E-state index in [1.165, 1.54) is 11.0 Å². The third-order valence-corrected chi connectivity index (χ3v) is 4.64. The zero-order valence-electron chi connectivity index (χ0n) is 14.2. The van der Waals surface area contributed by atoms with Gasteiger partial charge in [-0.05, 0) is 48.7 Å². The third-order valence-electron chi connectivity index (χ3n) is 4.32. The van der Waals surface area contributed by atoms with Crippen molar-refractivity contribution >= 4 is 28.9 Å². The average Bonchev–Trinajstić information content (AvgIpc) is 2.60. The lowest BCUT2D eigenvalue weighted by Crippen LogP contribution is -2.40. The van der Waals surface area contributed by atoms with Crippen LogP contribution in [0.2, 0.25) is 5.02 Å². The van der Waals surface area contributed by atoms with E-state index in [1.54, 1.807) is 0 Å². The molecule has 0 aromatic heterocycles. The summed E-state index contributed by atoms with van der Waals surface area (Å²) < 4.78 is 77.8. The average molecular weight is 422 g/mol. The minimum atomic E-state index is -4.59. The molecule has 2 aromatic rings. The van der Waals surface area contributed by atoms with Crippen LogP contribution in [-0.2, 0) is 18.8 Å². The lowest BCUT2D eigenvalue weighted by atomic mass is 9.99. The van der Waals surface area contributed by atoms with Gasteiger partial charge in [0.1, 0.15) is 0 Å². The van der Waals surface area contributed by atoms with Crippen LogP contribution in [0.25, 0.3) is 0 Å². The molecule has 0 saturated heterocycles. The van der Waals surface area contributed by atoms with Crippen LogP contribution in [0.5, 0.6) is 0 Å². The Morgan fingerprint density at radius 2 is 1.57 bits per heavy atom. The molecule has 1 heterocycles. The molecule has 0 amide bonds. The number of halogens is 7. The Morgan fingerprint density at radius 3 is 2.21 bits per heavy atom. The molecule has 0 unspecified atom stereocenters. The lowest BCUT2D eigenvalue weighted by molar-refractivity contribution is -0.138. The monoisotopic (exact) mass is 421 g/mol. The first-order chi connectivity index (χ1) is 13.0. The highest BCUT2D eigenvalue weighted by atomic mass is 35.5. The smallest absolute Gasteiger partial charge is 0.369 e. The second-order valence-corrected chi connectivity index (χ2v) is 6.64. The molecule has 2 N–H and O–H groups in total. The highest BCUT2D eigenvalue weighted by Gasteiger charge is 2.33. The molecule has 0 radical (unpaired) electrons. The van der Waals surface area contributed by atoms with E-state index < -0.39 is 23.5 Å². The summed E-state index contributed by atoms with van der Waals surface area (Å²) >= 11 is 5.92. The Labute approximate surface area is 161 Å². The Balaban J connectivity index is 2.02. The summed E-state index contributed by atoms with van der Waals surface area (Å²) in [5.74, 6) is -0.235. The van der Waals surface area contributed by atoms with Gasteiger partial charge in [0.2, 0.25) is 5.96 Å². The van der Waals surface area contributed by atoms with Crippen LogP contribution in [0.15, 0.2) is 41.4 Å². The van der Waals surface area contributed by atoms with Gasteiger partial charge in [0.05, 0.1) is 21.8 Å². The molecule has 1 aliphatic heterocycles. The summed E-state index contributed by atoms with van der Waals surface area (Å²) in [6.07, 6.45) is -7.97. The number of alkyl halides is 6. The molecule has 0 fully saturated rings. The number of aryl methyl sites for hydroxylation is 1. The Morgan fingerprint density at radius 1 is 0.964 bits per heavy atom. The normalized spacial score (nSPS) is 15.5. The number of rotatable bonds is 1. The van der Waals surface area contributed by atoms with Crippen LogP contribution in [0.1, 0.15) is 23.1 Å². The molecule has 0 bridgehead atoms. The number of benzene rings is 2. The predicted molar refractivity (Wildman–Crippen MR) is 94.8 cm³/mol. The van der Waals surface area contributed by atoms with Crippen LogP contribution in [0.3, 0.4) is 0 Å². The number of guanidine groups is 1. The molecular formula is C18H14ClF6N3. The molecule has 3 rings (SSSR count). The fourth-order valence-corrected chi connectivity index (χ4v) is 3.11. The van der Waals surface area contributed by atoms with Crippen LogP contribution >= 0.6 is 11.6 Å². The van der Waals surface area contributed by atoms with E-state index >= 15 is 0 Å². The number of hydrogen-bond acceptors (Lipinski definition) is 1. The van der Waals surface area contributed by atoms with Crippen molar-refractivity contribution < 1.29 is 26.3 Å². The van der Waals surface area contributed by atoms with Crippen LogP contribution in [0, 0.1) is 0 Å². The van der Waals surface area contributed by atoms with Crippen molar-refractivity contribution in [2.75, 3.05) is 11.4 Å². The van der Waals surface area contributed by atoms with E-state index in [0.717, 1.165) is 30.3 Å². The molecule has 10 heteroatoms. The minimum Gasteiger partial charge on any atom is -0.369 e. The summed E-state index contributed by atoms with van der Waals surface area (Å²) in [5, 5.41) is -0.0581. The number of nitrogens with zero attached hydrogens (tertiary/aromatic N) is 2. The van der Waals surface area contributed by atoms with Gasteiger partial charge in [-0.2, -0.15) is 26.3 Å². The molecule has 3 nitrogen and oxygen atoms in total. The van der Waals surface area contributed by atoms with Gasteiger partial charge in [0, 0.05) is 12.2 Å². The van der Waals surface area contributed by atoms with Crippen molar-refractivity contribution in [2.24, 2.45) is 10.7 Å². The van der Waals surface area contributed by atoms with E-state index in [4.69, 9.17) is 17.3 Å².